The number of nitrogens with zero attached hydrogens (tertiary/aromatic N) is 1. The molecule has 0 amide bonds. The first-order chi connectivity index (χ1) is 8.13. The van der Waals surface area contributed by atoms with Crippen molar-refractivity contribution in [2.24, 2.45) is 5.92 Å². The third kappa shape index (κ3) is 3.31. The first-order valence-electron chi connectivity index (χ1n) is 5.41. The highest BCUT2D eigenvalue weighted by Gasteiger charge is 2.21. The zero-order valence-electron chi connectivity index (χ0n) is 9.87. The van der Waals surface area contributed by atoms with Crippen LogP contribution in [0.5, 0.6) is 5.75 Å². The third-order valence-electron chi connectivity index (χ3n) is 2.48. The van der Waals surface area contributed by atoms with E-state index < -0.39 is 5.92 Å². The molecule has 1 unspecified atom stereocenters. The minimum absolute atomic E-state index is 0.168. The van der Waals surface area contributed by atoms with Crippen LogP contribution in [0.15, 0.2) is 22.7 Å². The van der Waals surface area contributed by atoms with Crippen molar-refractivity contribution in [3.8, 4) is 11.8 Å². The zero-order chi connectivity index (χ0) is 12.8. The fourth-order valence-electron chi connectivity index (χ4n) is 1.60. The summed E-state index contributed by atoms with van der Waals surface area (Å²) < 4.78 is 6.00. The second kappa shape index (κ2) is 6.41. The fourth-order valence-corrected chi connectivity index (χ4v) is 1.94. The van der Waals surface area contributed by atoms with Gasteiger partial charge in [0.05, 0.1) is 18.7 Å². The van der Waals surface area contributed by atoms with E-state index in [0.29, 0.717) is 17.7 Å². The van der Waals surface area contributed by atoms with E-state index in [-0.39, 0.29) is 5.78 Å². The highest BCUT2D eigenvalue weighted by Crippen LogP contribution is 2.26. The van der Waals surface area contributed by atoms with Crippen molar-refractivity contribution < 1.29 is 9.53 Å². The molecular formula is C13H14BrNO2. The SMILES string of the molecule is CCCC(C#N)C(=O)c1ccc(Br)cc1OC. The molecule has 0 heterocycles. The van der Waals surface area contributed by atoms with E-state index in [1.54, 1.807) is 18.2 Å². The molecule has 0 aromatic heterocycles. The standard InChI is InChI=1S/C13H14BrNO2/c1-3-4-9(8-15)13(16)11-6-5-10(14)7-12(11)17-2/h5-7,9H,3-4H2,1-2H3. The van der Waals surface area contributed by atoms with E-state index in [9.17, 15) is 4.79 Å². The summed E-state index contributed by atoms with van der Waals surface area (Å²) in [5.74, 6) is -0.255. The Morgan fingerprint density at radius 1 is 1.59 bits per heavy atom. The number of benzene rings is 1. The molecule has 0 aliphatic rings. The fraction of sp³-hybridized carbons (Fsp3) is 0.385. The van der Waals surface area contributed by atoms with Crippen LogP contribution in [0, 0.1) is 17.2 Å². The summed E-state index contributed by atoms with van der Waals surface area (Å²) in [6.07, 6.45) is 1.39. The number of ether oxygens (including phenoxy) is 1. The molecule has 4 heteroatoms. The lowest BCUT2D eigenvalue weighted by Gasteiger charge is -2.11. The van der Waals surface area contributed by atoms with Gasteiger partial charge < -0.3 is 4.74 Å². The second-order valence-electron chi connectivity index (χ2n) is 3.68. The lowest BCUT2D eigenvalue weighted by Crippen LogP contribution is -2.13. The normalized spacial score (nSPS) is 11.6. The van der Waals surface area contributed by atoms with Crippen molar-refractivity contribution in [3.63, 3.8) is 0 Å². The highest BCUT2D eigenvalue weighted by molar-refractivity contribution is 9.10. The number of Topliss-reactive ketones (excluding diaryl/α,β-unsaturated/α-hetero) is 1. The monoisotopic (exact) mass is 295 g/mol. The van der Waals surface area contributed by atoms with Crippen molar-refractivity contribution in [1.82, 2.24) is 0 Å². The van der Waals surface area contributed by atoms with Gasteiger partial charge in [0.1, 0.15) is 11.7 Å². The van der Waals surface area contributed by atoms with Crippen molar-refractivity contribution in [1.29, 1.82) is 5.26 Å². The minimum Gasteiger partial charge on any atom is -0.496 e. The van der Waals surface area contributed by atoms with Gasteiger partial charge in [0.2, 0.25) is 0 Å². The average molecular weight is 296 g/mol. The summed E-state index contributed by atoms with van der Waals surface area (Å²) in [4.78, 5) is 12.1. The van der Waals surface area contributed by atoms with Gasteiger partial charge in [0.25, 0.3) is 0 Å². The lowest BCUT2D eigenvalue weighted by molar-refractivity contribution is 0.0940. The molecule has 1 aromatic carbocycles. The summed E-state index contributed by atoms with van der Waals surface area (Å²) in [6, 6.07) is 7.24. The van der Waals surface area contributed by atoms with Crippen LogP contribution in [0.3, 0.4) is 0 Å². The van der Waals surface area contributed by atoms with Crippen molar-refractivity contribution in [3.05, 3.63) is 28.2 Å². The number of rotatable bonds is 5. The molecule has 3 nitrogen and oxygen atoms in total. The summed E-state index contributed by atoms with van der Waals surface area (Å²) in [7, 11) is 1.51. The molecular weight excluding hydrogens is 282 g/mol. The van der Waals surface area contributed by atoms with E-state index in [2.05, 4.69) is 22.0 Å². The first-order valence-corrected chi connectivity index (χ1v) is 6.20. The first kappa shape index (κ1) is 13.7. The number of hydrogen-bond acceptors (Lipinski definition) is 3. The van der Waals surface area contributed by atoms with Gasteiger partial charge in [-0.2, -0.15) is 5.26 Å². The highest BCUT2D eigenvalue weighted by atomic mass is 79.9. The van der Waals surface area contributed by atoms with Crippen LogP contribution in [0.2, 0.25) is 0 Å². The van der Waals surface area contributed by atoms with Crippen LogP contribution in [-0.4, -0.2) is 12.9 Å². The van der Waals surface area contributed by atoms with Crippen LogP contribution in [0.4, 0.5) is 0 Å². The Morgan fingerprint density at radius 3 is 2.82 bits per heavy atom. The Balaban J connectivity index is 3.07. The number of carbonyl (C=O) groups is 1. The summed E-state index contributed by atoms with van der Waals surface area (Å²) in [6.45, 7) is 1.95. The van der Waals surface area contributed by atoms with Gasteiger partial charge in [-0.25, -0.2) is 0 Å². The number of nitriles is 1. The molecule has 0 saturated heterocycles. The lowest BCUT2D eigenvalue weighted by atomic mass is 9.94. The largest absolute Gasteiger partial charge is 0.496 e. The molecule has 0 aliphatic carbocycles. The summed E-state index contributed by atoms with van der Waals surface area (Å²) in [5, 5.41) is 8.99. The third-order valence-corrected chi connectivity index (χ3v) is 2.97. The van der Waals surface area contributed by atoms with E-state index in [4.69, 9.17) is 10.00 Å². The Morgan fingerprint density at radius 2 is 2.29 bits per heavy atom. The van der Waals surface area contributed by atoms with E-state index >= 15 is 0 Å². The van der Waals surface area contributed by atoms with Crippen LogP contribution >= 0.6 is 15.9 Å². The quantitative estimate of drug-likeness (QED) is 0.780. The Bertz CT molecular complexity index is 451. The van der Waals surface area contributed by atoms with Crippen molar-refractivity contribution in [2.45, 2.75) is 19.8 Å². The van der Waals surface area contributed by atoms with Gasteiger partial charge in [0.15, 0.2) is 5.78 Å². The Kier molecular flexibility index (Phi) is 5.17. The van der Waals surface area contributed by atoms with Gasteiger partial charge in [-0.05, 0) is 24.6 Å². The van der Waals surface area contributed by atoms with Gasteiger partial charge in [-0.1, -0.05) is 29.3 Å². The van der Waals surface area contributed by atoms with E-state index in [1.807, 2.05) is 6.92 Å². The van der Waals surface area contributed by atoms with Gasteiger partial charge >= 0.3 is 0 Å². The zero-order valence-corrected chi connectivity index (χ0v) is 11.5. The van der Waals surface area contributed by atoms with Crippen molar-refractivity contribution in [2.75, 3.05) is 7.11 Å². The molecule has 90 valence electrons. The van der Waals surface area contributed by atoms with E-state index in [1.165, 1.54) is 7.11 Å². The predicted octanol–water partition coefficient (Wildman–Crippen LogP) is 3.58. The number of hydrogen-bond donors (Lipinski definition) is 0. The summed E-state index contributed by atoms with van der Waals surface area (Å²) >= 11 is 3.31. The number of methoxy groups -OCH3 is 1. The number of carbonyl (C=O) groups excluding carboxylic acids is 1. The van der Waals surface area contributed by atoms with Gasteiger partial charge in [-0.3, -0.25) is 4.79 Å². The molecule has 0 N–H and O–H groups in total. The molecule has 0 saturated carbocycles. The van der Waals surface area contributed by atoms with Gasteiger partial charge in [-0.15, -0.1) is 0 Å². The molecule has 0 radical (unpaired) electrons. The van der Waals surface area contributed by atoms with Crippen LogP contribution in [0.1, 0.15) is 30.1 Å². The Labute approximate surface area is 110 Å². The molecule has 1 atom stereocenters. The molecule has 17 heavy (non-hydrogen) atoms. The maximum atomic E-state index is 12.1. The predicted molar refractivity (Wildman–Crippen MR) is 69.0 cm³/mol. The second-order valence-corrected chi connectivity index (χ2v) is 4.59. The molecule has 1 rings (SSSR count). The topological polar surface area (TPSA) is 50.1 Å². The van der Waals surface area contributed by atoms with Crippen LogP contribution in [-0.2, 0) is 0 Å². The maximum absolute atomic E-state index is 12.1. The van der Waals surface area contributed by atoms with Crippen molar-refractivity contribution >= 4 is 21.7 Å². The minimum atomic E-state index is -0.588. The molecule has 1 aromatic rings. The van der Waals surface area contributed by atoms with Crippen LogP contribution in [0.25, 0.3) is 0 Å². The average Bonchev–Trinajstić information content (AvgIpc) is 2.34. The van der Waals surface area contributed by atoms with E-state index in [0.717, 1.165) is 10.9 Å². The number of halogens is 1. The molecule has 0 aliphatic heterocycles. The smallest absolute Gasteiger partial charge is 0.183 e. The van der Waals surface area contributed by atoms with Crippen LogP contribution < -0.4 is 4.74 Å². The molecule has 0 fully saturated rings. The van der Waals surface area contributed by atoms with Gasteiger partial charge in [0, 0.05) is 4.47 Å². The number of ketones is 1. The Hall–Kier alpha value is -1.34. The summed E-state index contributed by atoms with van der Waals surface area (Å²) in [5.41, 5.74) is 0.468. The molecule has 0 bridgehead atoms. The molecule has 0 spiro atoms. The maximum Gasteiger partial charge on any atom is 0.183 e.